The van der Waals surface area contributed by atoms with Gasteiger partial charge in [0.25, 0.3) is 0 Å². The molecule has 2 aliphatic rings. The van der Waals surface area contributed by atoms with Gasteiger partial charge in [0.05, 0.1) is 13.2 Å². The van der Waals surface area contributed by atoms with Crippen molar-refractivity contribution in [1.29, 1.82) is 0 Å². The Morgan fingerprint density at radius 2 is 1.89 bits per heavy atom. The summed E-state index contributed by atoms with van der Waals surface area (Å²) in [5.41, 5.74) is 0.268. The topological polar surface area (TPSA) is 24.5 Å². The molecule has 106 valence electrons. The minimum absolute atomic E-state index is 0.268. The predicted molar refractivity (Wildman–Crippen MR) is 75.9 cm³/mol. The van der Waals surface area contributed by atoms with Crippen LogP contribution in [0, 0.1) is 5.41 Å². The summed E-state index contributed by atoms with van der Waals surface area (Å²) in [5.74, 6) is 0. The van der Waals surface area contributed by atoms with Gasteiger partial charge < -0.3 is 15.0 Å². The van der Waals surface area contributed by atoms with Gasteiger partial charge in [0, 0.05) is 24.5 Å². The summed E-state index contributed by atoms with van der Waals surface area (Å²) in [6, 6.07) is 0.803. The molecule has 0 aromatic rings. The average Bonchev–Trinajstić information content (AvgIpc) is 3.18. The monoisotopic (exact) mass is 254 g/mol. The van der Waals surface area contributed by atoms with E-state index in [0.717, 1.165) is 32.3 Å². The van der Waals surface area contributed by atoms with Crippen LogP contribution in [0.1, 0.15) is 46.0 Å². The van der Waals surface area contributed by atoms with E-state index >= 15 is 0 Å². The first-order valence-corrected chi connectivity index (χ1v) is 7.69. The molecule has 0 spiro atoms. The van der Waals surface area contributed by atoms with Gasteiger partial charge in [0.2, 0.25) is 0 Å². The van der Waals surface area contributed by atoms with Crippen molar-refractivity contribution in [2.45, 2.75) is 52.0 Å². The summed E-state index contributed by atoms with van der Waals surface area (Å²) >= 11 is 0. The molecule has 1 aliphatic carbocycles. The quantitative estimate of drug-likeness (QED) is 0.673. The van der Waals surface area contributed by atoms with Crippen molar-refractivity contribution < 1.29 is 4.74 Å². The second-order valence-electron chi connectivity index (χ2n) is 6.77. The first-order valence-electron chi connectivity index (χ1n) is 7.69. The predicted octanol–water partition coefficient (Wildman–Crippen LogP) is 2.27. The molecule has 1 saturated heterocycles. The highest BCUT2D eigenvalue weighted by Crippen LogP contribution is 2.21. The van der Waals surface area contributed by atoms with Crippen molar-refractivity contribution in [1.82, 2.24) is 10.2 Å². The van der Waals surface area contributed by atoms with Gasteiger partial charge in [-0.25, -0.2) is 0 Å². The minimum Gasteiger partial charge on any atom is -0.380 e. The number of hydrogen-bond acceptors (Lipinski definition) is 3. The van der Waals surface area contributed by atoms with Gasteiger partial charge in [-0.05, 0) is 38.8 Å². The third kappa shape index (κ3) is 5.68. The van der Waals surface area contributed by atoms with E-state index in [1.165, 1.54) is 45.2 Å². The van der Waals surface area contributed by atoms with E-state index in [1.807, 2.05) is 0 Å². The molecule has 0 radical (unpaired) electrons. The Hall–Kier alpha value is -0.120. The molecule has 1 saturated carbocycles. The van der Waals surface area contributed by atoms with Crippen molar-refractivity contribution in [2.24, 2.45) is 5.41 Å². The van der Waals surface area contributed by atoms with Gasteiger partial charge >= 0.3 is 0 Å². The van der Waals surface area contributed by atoms with Gasteiger partial charge in [-0.1, -0.05) is 20.3 Å². The molecule has 0 aromatic heterocycles. The van der Waals surface area contributed by atoms with Crippen LogP contribution in [0.2, 0.25) is 0 Å². The molecule has 1 heterocycles. The van der Waals surface area contributed by atoms with Crippen molar-refractivity contribution in [3.05, 3.63) is 0 Å². The largest absolute Gasteiger partial charge is 0.380 e. The van der Waals surface area contributed by atoms with E-state index < -0.39 is 0 Å². The number of piperidine rings is 1. The zero-order chi connectivity index (χ0) is 12.8. The maximum absolute atomic E-state index is 5.87. The van der Waals surface area contributed by atoms with E-state index in [0.29, 0.717) is 0 Å². The lowest BCUT2D eigenvalue weighted by Crippen LogP contribution is -2.36. The second-order valence-corrected chi connectivity index (χ2v) is 6.77. The van der Waals surface area contributed by atoms with Crippen molar-refractivity contribution in [3.8, 4) is 0 Å². The van der Waals surface area contributed by atoms with E-state index in [9.17, 15) is 0 Å². The summed E-state index contributed by atoms with van der Waals surface area (Å²) in [4.78, 5) is 2.54. The summed E-state index contributed by atoms with van der Waals surface area (Å²) in [6.07, 6.45) is 6.89. The molecule has 1 N–H and O–H groups in total. The molecule has 0 aromatic carbocycles. The van der Waals surface area contributed by atoms with E-state index in [4.69, 9.17) is 4.74 Å². The highest BCUT2D eigenvalue weighted by Gasteiger charge is 2.25. The normalized spacial score (nSPS) is 22.3. The molecule has 3 heteroatoms. The molecule has 2 rings (SSSR count). The van der Waals surface area contributed by atoms with E-state index in [-0.39, 0.29) is 5.41 Å². The van der Waals surface area contributed by atoms with E-state index in [1.54, 1.807) is 0 Å². The Labute approximate surface area is 112 Å². The Bertz CT molecular complexity index is 233. The van der Waals surface area contributed by atoms with Gasteiger partial charge in [-0.15, -0.1) is 0 Å². The van der Waals surface area contributed by atoms with E-state index in [2.05, 4.69) is 24.1 Å². The second kappa shape index (κ2) is 6.88. The van der Waals surface area contributed by atoms with Crippen LogP contribution in [-0.4, -0.2) is 50.3 Å². The molecular formula is C15H30N2O. The van der Waals surface area contributed by atoms with Gasteiger partial charge in [-0.2, -0.15) is 0 Å². The fourth-order valence-corrected chi connectivity index (χ4v) is 2.48. The molecule has 0 amide bonds. The van der Waals surface area contributed by atoms with Crippen molar-refractivity contribution in [2.75, 3.05) is 39.4 Å². The van der Waals surface area contributed by atoms with Crippen molar-refractivity contribution >= 4 is 0 Å². The highest BCUT2D eigenvalue weighted by molar-refractivity contribution is 4.84. The maximum atomic E-state index is 5.87. The number of likely N-dealkylation sites (tertiary alicyclic amines) is 1. The summed E-state index contributed by atoms with van der Waals surface area (Å²) in [7, 11) is 0. The van der Waals surface area contributed by atoms with Gasteiger partial charge in [0.1, 0.15) is 0 Å². The summed E-state index contributed by atoms with van der Waals surface area (Å²) in [6.45, 7) is 11.1. The van der Waals surface area contributed by atoms with Crippen LogP contribution in [0.4, 0.5) is 0 Å². The number of nitrogens with zero attached hydrogens (tertiary/aromatic N) is 1. The number of ether oxygens (including phenoxy) is 1. The lowest BCUT2D eigenvalue weighted by molar-refractivity contribution is 0.0442. The highest BCUT2D eigenvalue weighted by atomic mass is 16.5. The van der Waals surface area contributed by atoms with Crippen LogP contribution in [0.15, 0.2) is 0 Å². The summed E-state index contributed by atoms with van der Waals surface area (Å²) in [5, 5.41) is 3.60. The molecule has 1 aliphatic heterocycles. The first kappa shape index (κ1) is 14.3. The molecule has 0 unspecified atom stereocenters. The maximum Gasteiger partial charge on any atom is 0.0593 e. The number of hydrogen-bond donors (Lipinski definition) is 1. The first-order chi connectivity index (χ1) is 8.66. The molecule has 18 heavy (non-hydrogen) atoms. The fraction of sp³-hybridized carbons (Fsp3) is 1.00. The van der Waals surface area contributed by atoms with Gasteiger partial charge in [0.15, 0.2) is 0 Å². The average molecular weight is 254 g/mol. The molecular weight excluding hydrogens is 224 g/mol. The van der Waals surface area contributed by atoms with Crippen LogP contribution in [0.25, 0.3) is 0 Å². The number of rotatable bonds is 8. The molecule has 0 atom stereocenters. The minimum atomic E-state index is 0.268. The van der Waals surface area contributed by atoms with Crippen LogP contribution in [-0.2, 0) is 4.74 Å². The molecule has 0 bridgehead atoms. The Kier molecular flexibility index (Phi) is 5.46. The lowest BCUT2D eigenvalue weighted by atomic mass is 9.95. The zero-order valence-corrected chi connectivity index (χ0v) is 12.2. The van der Waals surface area contributed by atoms with Crippen LogP contribution < -0.4 is 5.32 Å². The lowest BCUT2D eigenvalue weighted by Gasteiger charge is -2.28. The Balaban J connectivity index is 1.50. The third-order valence-electron chi connectivity index (χ3n) is 3.94. The zero-order valence-electron chi connectivity index (χ0n) is 12.2. The van der Waals surface area contributed by atoms with Crippen LogP contribution in [0.5, 0.6) is 0 Å². The van der Waals surface area contributed by atoms with Crippen LogP contribution >= 0.6 is 0 Å². The van der Waals surface area contributed by atoms with Gasteiger partial charge in [-0.3, -0.25) is 0 Å². The van der Waals surface area contributed by atoms with Crippen molar-refractivity contribution in [3.63, 3.8) is 0 Å². The van der Waals surface area contributed by atoms with Crippen LogP contribution in [0.3, 0.4) is 0 Å². The fourth-order valence-electron chi connectivity index (χ4n) is 2.48. The Morgan fingerprint density at radius 3 is 2.56 bits per heavy atom. The molecule has 3 nitrogen and oxygen atoms in total. The summed E-state index contributed by atoms with van der Waals surface area (Å²) < 4.78 is 5.87. The standard InChI is InChI=1S/C15H30N2O/c1-15(2,12-16-14-6-7-14)13-18-11-10-17-8-4-3-5-9-17/h14,16H,3-13H2,1-2H3. The molecule has 2 fully saturated rings. The number of nitrogens with one attached hydrogen (secondary N) is 1. The third-order valence-corrected chi connectivity index (χ3v) is 3.94. The Morgan fingerprint density at radius 1 is 1.17 bits per heavy atom. The smallest absolute Gasteiger partial charge is 0.0593 e. The SMILES string of the molecule is CC(C)(CNC1CC1)COCCN1CCCCC1.